The topological polar surface area (TPSA) is 134 Å². The van der Waals surface area contributed by atoms with Gasteiger partial charge < -0.3 is 21.1 Å². The molecule has 0 bridgehead atoms. The summed E-state index contributed by atoms with van der Waals surface area (Å²) in [5.41, 5.74) is 7.81. The van der Waals surface area contributed by atoms with Crippen LogP contribution in [0.15, 0.2) is 0 Å². The lowest BCUT2D eigenvalue weighted by atomic mass is 9.91. The number of nitrogens with two attached hydrogens (primary N) is 1. The molecule has 0 radical (unpaired) electrons. The number of rotatable bonds is 17. The predicted octanol–water partition coefficient (Wildman–Crippen LogP) is 4.13. The Bertz CT molecular complexity index is 499. The van der Waals surface area contributed by atoms with E-state index in [1.54, 1.807) is 11.8 Å². The summed E-state index contributed by atoms with van der Waals surface area (Å²) in [7, 11) is -1.71. The SMILES string of the molecule is C.C.CC(C)(CN)CCS(=O)CCCS(=O)CCC(C)(C)CNO.CCNCC=O.CCNS.CSC. The molecule has 37 heavy (non-hydrogen) atoms. The zero-order valence-electron chi connectivity index (χ0n) is 23.5. The number of nitrogens with one attached hydrogen (secondary N) is 3. The fraction of sp³-hybridized carbons (Fsp3) is 0.960. The van der Waals surface area contributed by atoms with E-state index in [1.807, 2.05) is 40.2 Å². The van der Waals surface area contributed by atoms with Crippen LogP contribution in [0, 0.1) is 10.8 Å². The monoisotopic (exact) mass is 612 g/mol. The van der Waals surface area contributed by atoms with Gasteiger partial charge in [0.05, 0.1) is 6.54 Å². The van der Waals surface area contributed by atoms with E-state index in [2.05, 4.69) is 42.2 Å². The van der Waals surface area contributed by atoms with E-state index in [0.717, 1.165) is 38.6 Å². The molecule has 0 heterocycles. The Balaban J connectivity index is -0.000000133. The molecule has 0 aliphatic heterocycles. The third-order valence-electron chi connectivity index (χ3n) is 4.50. The van der Waals surface area contributed by atoms with Crippen LogP contribution >= 0.6 is 24.6 Å². The highest BCUT2D eigenvalue weighted by molar-refractivity contribution is 7.97. The lowest BCUT2D eigenvalue weighted by Gasteiger charge is -2.23. The molecule has 6 N–H and O–H groups in total. The van der Waals surface area contributed by atoms with Crippen molar-refractivity contribution in [1.29, 1.82) is 0 Å². The van der Waals surface area contributed by atoms with E-state index < -0.39 is 21.6 Å². The van der Waals surface area contributed by atoms with Crippen LogP contribution in [-0.4, -0.2) is 88.2 Å². The standard InChI is InChI=1S/C15H34N2O3S2.C4H9NO.C2H7NS.C2H6S.2CH4/c1-14(2,12-16)6-10-21(19)8-5-9-22(20)11-7-15(3,4)13-17-18;1-2-5-3-4-6;1-2-3-4;1-3-2;;/h17-18H,5-13,16H2,1-4H3;4-5H,2-3H2,1H3;3-4H,2H2,1H3;1-2H3;2*1H4. The van der Waals surface area contributed by atoms with Crippen LogP contribution in [0.1, 0.15) is 75.7 Å². The summed E-state index contributed by atoms with van der Waals surface area (Å²) in [6.45, 7) is 15.6. The summed E-state index contributed by atoms with van der Waals surface area (Å²) in [6.07, 6.45) is 7.33. The van der Waals surface area contributed by atoms with Crippen molar-refractivity contribution in [2.24, 2.45) is 16.6 Å². The van der Waals surface area contributed by atoms with Crippen LogP contribution in [0.5, 0.6) is 0 Å². The Kier molecular flexibility index (Phi) is 49.6. The molecule has 8 nitrogen and oxygen atoms in total. The van der Waals surface area contributed by atoms with E-state index in [9.17, 15) is 13.2 Å². The summed E-state index contributed by atoms with van der Waals surface area (Å²) >= 11 is 5.42. The second-order valence-electron chi connectivity index (χ2n) is 9.31. The van der Waals surface area contributed by atoms with E-state index >= 15 is 0 Å². The minimum atomic E-state index is -0.873. The number of carbonyl (C=O) groups is 1. The third kappa shape index (κ3) is 49.9. The molecule has 2 unspecified atom stereocenters. The van der Waals surface area contributed by atoms with Crippen LogP contribution in [0.4, 0.5) is 0 Å². The molecule has 2 atom stereocenters. The van der Waals surface area contributed by atoms with Gasteiger partial charge in [-0.25, -0.2) is 5.48 Å². The van der Waals surface area contributed by atoms with E-state index in [4.69, 9.17) is 10.9 Å². The number of carbonyl (C=O) groups excluding carboxylic acids is 1. The van der Waals surface area contributed by atoms with E-state index in [0.29, 0.717) is 42.6 Å². The van der Waals surface area contributed by atoms with Crippen LogP contribution in [0.2, 0.25) is 0 Å². The van der Waals surface area contributed by atoms with Crippen molar-refractivity contribution >= 4 is 52.5 Å². The van der Waals surface area contributed by atoms with Crippen molar-refractivity contribution in [1.82, 2.24) is 15.5 Å². The van der Waals surface area contributed by atoms with Gasteiger partial charge in [0.25, 0.3) is 0 Å². The van der Waals surface area contributed by atoms with Gasteiger partial charge in [0.2, 0.25) is 0 Å². The number of thioether (sulfide) groups is 1. The van der Waals surface area contributed by atoms with Crippen molar-refractivity contribution in [3.8, 4) is 0 Å². The highest BCUT2D eigenvalue weighted by atomic mass is 32.2. The Morgan fingerprint density at radius 2 is 1.32 bits per heavy atom. The maximum Gasteiger partial charge on any atom is 0.133 e. The van der Waals surface area contributed by atoms with Gasteiger partial charge in [0, 0.05) is 57.7 Å². The lowest BCUT2D eigenvalue weighted by molar-refractivity contribution is -0.107. The Morgan fingerprint density at radius 1 is 0.919 bits per heavy atom. The first-order valence-corrected chi connectivity index (χ1v) is 17.1. The molecule has 0 saturated carbocycles. The molecule has 0 aromatic carbocycles. The van der Waals surface area contributed by atoms with E-state index in [1.165, 1.54) is 0 Å². The van der Waals surface area contributed by atoms with Gasteiger partial charge in [0.15, 0.2) is 0 Å². The summed E-state index contributed by atoms with van der Waals surface area (Å²) in [6, 6.07) is 0. The quantitative estimate of drug-likeness (QED) is 0.0621. The van der Waals surface area contributed by atoms with Crippen molar-refractivity contribution in [3.63, 3.8) is 0 Å². The largest absolute Gasteiger partial charge is 0.330 e. The summed E-state index contributed by atoms with van der Waals surface area (Å²) in [5.74, 6) is 2.52. The van der Waals surface area contributed by atoms with Crippen molar-refractivity contribution in [3.05, 3.63) is 0 Å². The number of likely N-dealkylation sites (N-methyl/N-ethyl adjacent to an activating group) is 1. The lowest BCUT2D eigenvalue weighted by Crippen LogP contribution is -2.28. The van der Waals surface area contributed by atoms with Gasteiger partial charge >= 0.3 is 0 Å². The molecule has 0 amide bonds. The number of aldehydes is 1. The van der Waals surface area contributed by atoms with Gasteiger partial charge in [-0.15, -0.1) is 0 Å². The average Bonchev–Trinajstić information content (AvgIpc) is 2.81. The minimum absolute atomic E-state index is 0. The molecular formula is C25H64N4O4S4. The van der Waals surface area contributed by atoms with Gasteiger partial charge in [-0.2, -0.15) is 11.8 Å². The molecule has 0 spiro atoms. The summed E-state index contributed by atoms with van der Waals surface area (Å²) < 4.78 is 26.5. The smallest absolute Gasteiger partial charge is 0.133 e. The maximum atomic E-state index is 12.0. The summed E-state index contributed by atoms with van der Waals surface area (Å²) in [5, 5.41) is 11.6. The maximum absolute atomic E-state index is 12.0. The number of hydroxylamine groups is 1. The normalized spacial score (nSPS) is 12.0. The Hall–Kier alpha value is 0.470. The van der Waals surface area contributed by atoms with Crippen LogP contribution in [-0.2, 0) is 26.4 Å². The number of hydrogen-bond donors (Lipinski definition) is 6. The molecule has 0 rings (SSSR count). The fourth-order valence-corrected chi connectivity index (χ4v) is 5.06. The van der Waals surface area contributed by atoms with Crippen molar-refractivity contribution in [2.75, 3.05) is 68.2 Å². The predicted molar refractivity (Wildman–Crippen MR) is 176 cm³/mol. The van der Waals surface area contributed by atoms with Gasteiger partial charge in [-0.3, -0.25) is 13.1 Å². The van der Waals surface area contributed by atoms with Crippen LogP contribution in [0.25, 0.3) is 0 Å². The minimum Gasteiger partial charge on any atom is -0.330 e. The fourth-order valence-electron chi connectivity index (χ4n) is 1.97. The zero-order chi connectivity index (χ0) is 28.2. The second-order valence-corrected chi connectivity index (χ2v) is 13.8. The highest BCUT2D eigenvalue weighted by Gasteiger charge is 2.19. The van der Waals surface area contributed by atoms with Gasteiger partial charge in [-0.1, -0.05) is 69.2 Å². The summed E-state index contributed by atoms with van der Waals surface area (Å²) in [4.78, 5) is 9.50. The molecule has 0 aromatic heterocycles. The first kappa shape index (κ1) is 50.3. The van der Waals surface area contributed by atoms with E-state index in [-0.39, 0.29) is 25.7 Å². The second kappa shape index (κ2) is 36.5. The number of hydrogen-bond acceptors (Lipinski definition) is 10. The van der Waals surface area contributed by atoms with Crippen molar-refractivity contribution < 1.29 is 18.4 Å². The third-order valence-corrected chi connectivity index (χ3v) is 7.63. The van der Waals surface area contributed by atoms with Crippen LogP contribution < -0.4 is 21.3 Å². The highest BCUT2D eigenvalue weighted by Crippen LogP contribution is 2.20. The Morgan fingerprint density at radius 3 is 1.59 bits per heavy atom. The molecule has 0 saturated heterocycles. The van der Waals surface area contributed by atoms with Crippen molar-refractivity contribution in [2.45, 2.75) is 75.7 Å². The first-order valence-electron chi connectivity index (χ1n) is 12.0. The Labute approximate surface area is 246 Å². The van der Waals surface area contributed by atoms with Gasteiger partial charge in [-0.05, 0) is 55.7 Å². The number of thiol groups is 1. The van der Waals surface area contributed by atoms with Crippen LogP contribution in [0.3, 0.4) is 0 Å². The first-order chi connectivity index (χ1) is 16.4. The molecule has 0 aromatic rings. The molecule has 0 aliphatic rings. The zero-order valence-corrected chi connectivity index (χ0v) is 26.8. The molecule has 0 fully saturated rings. The molecule has 12 heteroatoms. The average molecular weight is 613 g/mol. The molecule has 0 aliphatic carbocycles. The molecular weight excluding hydrogens is 549 g/mol. The molecule has 232 valence electrons. The van der Waals surface area contributed by atoms with Gasteiger partial charge in [0.1, 0.15) is 6.29 Å².